The van der Waals surface area contributed by atoms with Crippen LogP contribution in [0.25, 0.3) is 0 Å². The van der Waals surface area contributed by atoms with Crippen LogP contribution >= 0.6 is 0 Å². The molecule has 1 aliphatic carbocycles. The second kappa shape index (κ2) is 4.09. The van der Waals surface area contributed by atoms with Crippen molar-refractivity contribution in [2.45, 2.75) is 32.1 Å². The molecule has 56 valence electrons. The van der Waals surface area contributed by atoms with Crippen molar-refractivity contribution in [3.8, 4) is 0 Å². The van der Waals surface area contributed by atoms with Gasteiger partial charge in [0.1, 0.15) is 0 Å². The summed E-state index contributed by atoms with van der Waals surface area (Å²) in [5, 5.41) is 11.7. The van der Waals surface area contributed by atoms with E-state index in [1.165, 1.54) is 0 Å². The van der Waals surface area contributed by atoms with E-state index >= 15 is 0 Å². The Morgan fingerprint density at radius 3 is 2.80 bits per heavy atom. The van der Waals surface area contributed by atoms with E-state index in [9.17, 15) is 0 Å². The zero-order chi connectivity index (χ0) is 7.23. The Hall–Kier alpha value is -0.790. The smallest absolute Gasteiger partial charge is 0.0574 e. The summed E-state index contributed by atoms with van der Waals surface area (Å²) < 4.78 is 0. The molecule has 0 aromatic carbocycles. The summed E-state index contributed by atoms with van der Waals surface area (Å²) in [4.78, 5) is 0. The minimum absolute atomic E-state index is 0.924. The van der Waals surface area contributed by atoms with Gasteiger partial charge in [-0.1, -0.05) is 17.3 Å². The van der Waals surface area contributed by atoms with Crippen molar-refractivity contribution in [2.75, 3.05) is 0 Å². The van der Waals surface area contributed by atoms with Crippen molar-refractivity contribution in [3.05, 3.63) is 12.2 Å². The van der Waals surface area contributed by atoms with Crippen LogP contribution in [0.3, 0.4) is 0 Å². The predicted molar refractivity (Wildman–Crippen MR) is 41.4 cm³/mol. The van der Waals surface area contributed by atoms with Crippen molar-refractivity contribution in [1.29, 1.82) is 0 Å². The number of nitrogens with zero attached hydrogens (tertiary/aromatic N) is 1. The largest absolute Gasteiger partial charge is 0.411 e. The molecule has 0 amide bonds. The third kappa shape index (κ3) is 2.21. The van der Waals surface area contributed by atoms with Gasteiger partial charge in [0.15, 0.2) is 0 Å². The summed E-state index contributed by atoms with van der Waals surface area (Å²) in [5.74, 6) is 0. The van der Waals surface area contributed by atoms with Crippen LogP contribution in [0.15, 0.2) is 17.3 Å². The number of hydrogen-bond acceptors (Lipinski definition) is 2. The summed E-state index contributed by atoms with van der Waals surface area (Å²) in [5.41, 5.74) is 0.948. The van der Waals surface area contributed by atoms with Crippen LogP contribution in [0.5, 0.6) is 0 Å². The molecule has 0 saturated carbocycles. The van der Waals surface area contributed by atoms with Gasteiger partial charge in [-0.3, -0.25) is 0 Å². The topological polar surface area (TPSA) is 32.6 Å². The molecule has 0 atom stereocenters. The molecule has 0 fully saturated rings. The van der Waals surface area contributed by atoms with E-state index in [2.05, 4.69) is 17.3 Å². The molecule has 1 rings (SSSR count). The first-order chi connectivity index (χ1) is 4.93. The molecule has 0 spiro atoms. The summed E-state index contributed by atoms with van der Waals surface area (Å²) in [6.45, 7) is 0. The Morgan fingerprint density at radius 1 is 1.20 bits per heavy atom. The first-order valence-corrected chi connectivity index (χ1v) is 3.78. The van der Waals surface area contributed by atoms with Crippen LogP contribution in [0, 0.1) is 0 Å². The number of oxime groups is 1. The predicted octanol–water partition coefficient (Wildman–Crippen LogP) is 2.34. The highest BCUT2D eigenvalue weighted by atomic mass is 16.4. The Morgan fingerprint density at radius 2 is 2.00 bits per heavy atom. The highest BCUT2D eigenvalue weighted by Crippen LogP contribution is 2.08. The van der Waals surface area contributed by atoms with Crippen LogP contribution in [-0.4, -0.2) is 10.9 Å². The Kier molecular flexibility index (Phi) is 3.00. The van der Waals surface area contributed by atoms with Crippen molar-refractivity contribution in [3.63, 3.8) is 0 Å². The summed E-state index contributed by atoms with van der Waals surface area (Å²) in [6, 6.07) is 0. The summed E-state index contributed by atoms with van der Waals surface area (Å²) >= 11 is 0. The Bertz CT molecular complexity index is 149. The lowest BCUT2D eigenvalue weighted by Crippen LogP contribution is -1.99. The quantitative estimate of drug-likeness (QED) is 0.312. The molecule has 0 radical (unpaired) electrons. The molecule has 0 aromatic heterocycles. The first kappa shape index (κ1) is 7.32. The lowest BCUT2D eigenvalue weighted by Gasteiger charge is -2.03. The SMILES string of the molecule is O/N=C1/CC/C=C/CCC1. The highest BCUT2D eigenvalue weighted by molar-refractivity contribution is 5.84. The highest BCUT2D eigenvalue weighted by Gasteiger charge is 2.00. The first-order valence-electron chi connectivity index (χ1n) is 3.78. The van der Waals surface area contributed by atoms with E-state index in [0.29, 0.717) is 0 Å². The second-order valence-corrected chi connectivity index (χ2v) is 2.57. The third-order valence-electron chi connectivity index (χ3n) is 1.74. The van der Waals surface area contributed by atoms with Gasteiger partial charge in [0.2, 0.25) is 0 Å². The summed E-state index contributed by atoms with van der Waals surface area (Å²) in [6.07, 6.45) is 9.51. The molecule has 2 heteroatoms. The van der Waals surface area contributed by atoms with Gasteiger partial charge in [0.05, 0.1) is 5.71 Å². The molecule has 0 saturated heterocycles. The van der Waals surface area contributed by atoms with Crippen LogP contribution in [0.1, 0.15) is 32.1 Å². The van der Waals surface area contributed by atoms with Gasteiger partial charge in [-0.2, -0.15) is 0 Å². The molecular weight excluding hydrogens is 126 g/mol. The molecular formula is C8H13NO. The van der Waals surface area contributed by atoms with E-state index in [1.54, 1.807) is 0 Å². The fourth-order valence-electron chi connectivity index (χ4n) is 1.13. The maximum Gasteiger partial charge on any atom is 0.0574 e. The van der Waals surface area contributed by atoms with Gasteiger partial charge < -0.3 is 5.21 Å². The van der Waals surface area contributed by atoms with E-state index in [1.807, 2.05) is 0 Å². The van der Waals surface area contributed by atoms with Gasteiger partial charge in [-0.25, -0.2) is 0 Å². The minimum Gasteiger partial charge on any atom is -0.411 e. The standard InChI is InChI=1S/C8H13NO/c10-9-8-6-4-2-1-3-5-7-8/h1-2,10H,3-7H2/b2-1+,9-8-. The molecule has 0 aliphatic heterocycles. The van der Waals surface area contributed by atoms with Crippen molar-refractivity contribution >= 4 is 5.71 Å². The summed E-state index contributed by atoms with van der Waals surface area (Å²) in [7, 11) is 0. The Labute approximate surface area is 61.2 Å². The van der Waals surface area contributed by atoms with Crippen LogP contribution in [0.2, 0.25) is 0 Å². The van der Waals surface area contributed by atoms with E-state index in [-0.39, 0.29) is 0 Å². The zero-order valence-corrected chi connectivity index (χ0v) is 6.08. The molecule has 0 heterocycles. The lowest BCUT2D eigenvalue weighted by atomic mass is 10.0. The normalized spacial score (nSPS) is 27.4. The maximum atomic E-state index is 8.47. The monoisotopic (exact) mass is 139 g/mol. The van der Waals surface area contributed by atoms with E-state index < -0.39 is 0 Å². The van der Waals surface area contributed by atoms with Crippen molar-refractivity contribution < 1.29 is 5.21 Å². The van der Waals surface area contributed by atoms with Gasteiger partial charge in [0, 0.05) is 0 Å². The second-order valence-electron chi connectivity index (χ2n) is 2.57. The molecule has 2 nitrogen and oxygen atoms in total. The van der Waals surface area contributed by atoms with Gasteiger partial charge in [-0.05, 0) is 32.1 Å². The van der Waals surface area contributed by atoms with Crippen molar-refractivity contribution in [1.82, 2.24) is 0 Å². The molecule has 1 aliphatic rings. The average Bonchev–Trinajstić information content (AvgIpc) is 1.87. The minimum atomic E-state index is 0.924. The number of rotatable bonds is 0. The molecule has 0 aromatic rings. The van der Waals surface area contributed by atoms with Crippen LogP contribution < -0.4 is 0 Å². The molecule has 0 bridgehead atoms. The third-order valence-corrected chi connectivity index (χ3v) is 1.74. The molecule has 0 unspecified atom stereocenters. The van der Waals surface area contributed by atoms with Gasteiger partial charge in [0.25, 0.3) is 0 Å². The van der Waals surface area contributed by atoms with Crippen molar-refractivity contribution in [2.24, 2.45) is 5.16 Å². The zero-order valence-electron chi connectivity index (χ0n) is 6.08. The number of allylic oxidation sites excluding steroid dienone is 2. The van der Waals surface area contributed by atoms with E-state index in [0.717, 1.165) is 37.8 Å². The Balaban J connectivity index is 2.42. The average molecular weight is 139 g/mol. The molecule has 1 N–H and O–H groups in total. The molecule has 10 heavy (non-hydrogen) atoms. The maximum absolute atomic E-state index is 8.47. The fraction of sp³-hybridized carbons (Fsp3) is 0.625. The van der Waals surface area contributed by atoms with Crippen LogP contribution in [0.4, 0.5) is 0 Å². The van der Waals surface area contributed by atoms with E-state index in [4.69, 9.17) is 5.21 Å². The van der Waals surface area contributed by atoms with Gasteiger partial charge in [-0.15, -0.1) is 0 Å². The number of hydrogen-bond donors (Lipinski definition) is 1. The fourth-order valence-corrected chi connectivity index (χ4v) is 1.13. The van der Waals surface area contributed by atoms with Crippen LogP contribution in [-0.2, 0) is 0 Å². The van der Waals surface area contributed by atoms with Gasteiger partial charge >= 0.3 is 0 Å². The lowest BCUT2D eigenvalue weighted by molar-refractivity contribution is 0.316.